The van der Waals surface area contributed by atoms with Crippen LogP contribution in [0.2, 0.25) is 0 Å². The molecular weight excluding hydrogens is 342 g/mol. The van der Waals surface area contributed by atoms with Crippen molar-refractivity contribution in [3.8, 4) is 11.5 Å². The summed E-state index contributed by atoms with van der Waals surface area (Å²) in [5, 5.41) is 13.0. The number of hydrogen-bond donors (Lipinski definition) is 2. The molecule has 0 aromatic heterocycles. The maximum absolute atomic E-state index is 12.7. The summed E-state index contributed by atoms with van der Waals surface area (Å²) in [4.78, 5) is 12.7. The number of aromatic hydroxyl groups is 1. The lowest BCUT2D eigenvalue weighted by Crippen LogP contribution is -2.44. The van der Waals surface area contributed by atoms with E-state index in [4.69, 9.17) is 9.47 Å². The number of carbonyl (C=O) groups is 1. The van der Waals surface area contributed by atoms with Crippen LogP contribution in [-0.2, 0) is 10.2 Å². The second kappa shape index (κ2) is 8.44. The average molecular weight is 369 g/mol. The minimum Gasteiger partial charge on any atom is -0.507 e. The summed E-state index contributed by atoms with van der Waals surface area (Å²) < 4.78 is 11.1. The van der Waals surface area contributed by atoms with Crippen LogP contribution in [0.4, 0.5) is 0 Å². The quantitative estimate of drug-likeness (QED) is 0.817. The summed E-state index contributed by atoms with van der Waals surface area (Å²) in [7, 11) is 0. The molecule has 1 amide bonds. The largest absolute Gasteiger partial charge is 0.507 e. The van der Waals surface area contributed by atoms with Crippen molar-refractivity contribution < 1.29 is 19.4 Å². The summed E-state index contributed by atoms with van der Waals surface area (Å²) in [6, 6.07) is 13.2. The van der Waals surface area contributed by atoms with Crippen LogP contribution in [0.3, 0.4) is 0 Å². The van der Waals surface area contributed by atoms with Crippen LogP contribution >= 0.6 is 0 Å². The van der Waals surface area contributed by atoms with E-state index in [-0.39, 0.29) is 17.1 Å². The number of benzene rings is 2. The second-order valence-corrected chi connectivity index (χ2v) is 7.05. The number of hydrogen-bond acceptors (Lipinski definition) is 4. The van der Waals surface area contributed by atoms with E-state index < -0.39 is 0 Å². The molecule has 3 rings (SSSR count). The van der Waals surface area contributed by atoms with Crippen molar-refractivity contribution in [2.75, 3.05) is 26.4 Å². The zero-order valence-electron chi connectivity index (χ0n) is 16.0. The van der Waals surface area contributed by atoms with Gasteiger partial charge in [0.2, 0.25) is 0 Å². The Kier molecular flexibility index (Phi) is 6.01. The van der Waals surface area contributed by atoms with Gasteiger partial charge >= 0.3 is 0 Å². The molecule has 5 nitrogen and oxygen atoms in total. The standard InChI is InChI=1S/C22H27NO4/c1-3-27-18-7-5-17(6-8-18)22(10-12-26-13-11-22)15-23-21(25)19-14-16(2)4-9-20(19)24/h4-9,14,24H,3,10-13,15H2,1-2H3,(H,23,25). The number of aryl methyl sites for hydroxylation is 1. The van der Waals surface area contributed by atoms with E-state index in [1.54, 1.807) is 18.2 Å². The Hall–Kier alpha value is -2.53. The Labute approximate surface area is 160 Å². The van der Waals surface area contributed by atoms with Gasteiger partial charge in [0.1, 0.15) is 11.5 Å². The smallest absolute Gasteiger partial charge is 0.255 e. The summed E-state index contributed by atoms with van der Waals surface area (Å²) in [6.45, 7) is 6.32. The Morgan fingerprint density at radius 1 is 1.19 bits per heavy atom. The van der Waals surface area contributed by atoms with Crippen LogP contribution in [0.15, 0.2) is 42.5 Å². The molecule has 5 heteroatoms. The van der Waals surface area contributed by atoms with Crippen molar-refractivity contribution in [1.29, 1.82) is 0 Å². The predicted molar refractivity (Wildman–Crippen MR) is 105 cm³/mol. The fourth-order valence-electron chi connectivity index (χ4n) is 3.58. The van der Waals surface area contributed by atoms with Gasteiger partial charge in [-0.3, -0.25) is 4.79 Å². The zero-order chi connectivity index (χ0) is 19.3. The van der Waals surface area contributed by atoms with Gasteiger partial charge in [-0.1, -0.05) is 23.8 Å². The van der Waals surface area contributed by atoms with Gasteiger partial charge in [0.25, 0.3) is 5.91 Å². The molecule has 1 fully saturated rings. The van der Waals surface area contributed by atoms with Crippen LogP contribution < -0.4 is 10.1 Å². The SMILES string of the molecule is CCOc1ccc(C2(CNC(=O)c3cc(C)ccc3O)CCOCC2)cc1. The molecule has 1 saturated heterocycles. The topological polar surface area (TPSA) is 67.8 Å². The van der Waals surface area contributed by atoms with Gasteiger partial charge in [0.15, 0.2) is 0 Å². The van der Waals surface area contributed by atoms with Crippen LogP contribution in [0.5, 0.6) is 11.5 Å². The summed E-state index contributed by atoms with van der Waals surface area (Å²) in [6.07, 6.45) is 1.67. The zero-order valence-corrected chi connectivity index (χ0v) is 16.0. The lowest BCUT2D eigenvalue weighted by Gasteiger charge is -2.38. The van der Waals surface area contributed by atoms with E-state index in [9.17, 15) is 9.90 Å². The van der Waals surface area contributed by atoms with Gasteiger partial charge < -0.3 is 19.9 Å². The minimum absolute atomic E-state index is 0.000180. The molecule has 1 aliphatic heterocycles. The van der Waals surface area contributed by atoms with Crippen LogP contribution in [0.25, 0.3) is 0 Å². The molecule has 0 atom stereocenters. The molecule has 0 saturated carbocycles. The first-order valence-corrected chi connectivity index (χ1v) is 9.43. The predicted octanol–water partition coefficient (Wildman–Crippen LogP) is 3.58. The lowest BCUT2D eigenvalue weighted by atomic mass is 9.74. The molecule has 0 unspecified atom stereocenters. The van der Waals surface area contributed by atoms with Crippen LogP contribution in [-0.4, -0.2) is 37.4 Å². The van der Waals surface area contributed by atoms with Gasteiger partial charge in [0, 0.05) is 25.2 Å². The Morgan fingerprint density at radius 2 is 1.89 bits per heavy atom. The van der Waals surface area contributed by atoms with Gasteiger partial charge in [-0.05, 0) is 56.5 Å². The Balaban J connectivity index is 1.78. The third-order valence-electron chi connectivity index (χ3n) is 5.21. The maximum Gasteiger partial charge on any atom is 0.255 e. The van der Waals surface area contributed by atoms with E-state index in [0.29, 0.717) is 31.9 Å². The highest BCUT2D eigenvalue weighted by Gasteiger charge is 2.35. The number of phenols is 1. The second-order valence-electron chi connectivity index (χ2n) is 7.05. The fourth-order valence-corrected chi connectivity index (χ4v) is 3.58. The maximum atomic E-state index is 12.7. The van der Waals surface area contributed by atoms with Crippen molar-refractivity contribution in [3.05, 3.63) is 59.2 Å². The highest BCUT2D eigenvalue weighted by molar-refractivity contribution is 5.97. The van der Waals surface area contributed by atoms with Gasteiger partial charge in [-0.15, -0.1) is 0 Å². The van der Waals surface area contributed by atoms with Gasteiger partial charge in [-0.2, -0.15) is 0 Å². The summed E-state index contributed by atoms with van der Waals surface area (Å²) in [5.41, 5.74) is 2.23. The number of carbonyl (C=O) groups excluding carboxylic acids is 1. The summed E-state index contributed by atoms with van der Waals surface area (Å²) >= 11 is 0. The van der Waals surface area contributed by atoms with Crippen molar-refractivity contribution >= 4 is 5.91 Å². The number of phenolic OH excluding ortho intramolecular Hbond substituents is 1. The number of rotatable bonds is 6. The molecule has 1 aliphatic rings. The van der Waals surface area contributed by atoms with E-state index in [1.165, 1.54) is 5.56 Å². The van der Waals surface area contributed by atoms with Crippen molar-refractivity contribution in [2.24, 2.45) is 0 Å². The van der Waals surface area contributed by atoms with E-state index >= 15 is 0 Å². The number of nitrogens with one attached hydrogen (secondary N) is 1. The Bertz CT molecular complexity index is 779. The average Bonchev–Trinajstić information content (AvgIpc) is 2.69. The van der Waals surface area contributed by atoms with Gasteiger partial charge in [0.05, 0.1) is 12.2 Å². The first-order chi connectivity index (χ1) is 13.0. The Morgan fingerprint density at radius 3 is 2.56 bits per heavy atom. The van der Waals surface area contributed by atoms with Crippen LogP contribution in [0.1, 0.15) is 41.3 Å². The molecule has 0 bridgehead atoms. The highest BCUT2D eigenvalue weighted by Crippen LogP contribution is 2.35. The first-order valence-electron chi connectivity index (χ1n) is 9.43. The molecule has 2 aromatic carbocycles. The molecule has 2 aromatic rings. The lowest BCUT2D eigenvalue weighted by molar-refractivity contribution is 0.0486. The molecular formula is C22H27NO4. The molecule has 2 N–H and O–H groups in total. The van der Waals surface area contributed by atoms with Crippen molar-refractivity contribution in [3.63, 3.8) is 0 Å². The summed E-state index contributed by atoms with van der Waals surface area (Å²) in [5.74, 6) is 0.588. The normalized spacial score (nSPS) is 15.9. The van der Waals surface area contributed by atoms with E-state index in [1.807, 2.05) is 26.0 Å². The molecule has 1 heterocycles. The fraction of sp³-hybridized carbons (Fsp3) is 0.409. The van der Waals surface area contributed by atoms with Gasteiger partial charge in [-0.25, -0.2) is 0 Å². The van der Waals surface area contributed by atoms with E-state index in [0.717, 1.165) is 24.2 Å². The number of ether oxygens (including phenoxy) is 2. The van der Waals surface area contributed by atoms with E-state index in [2.05, 4.69) is 17.4 Å². The highest BCUT2D eigenvalue weighted by atomic mass is 16.5. The monoisotopic (exact) mass is 369 g/mol. The van der Waals surface area contributed by atoms with Crippen molar-refractivity contribution in [1.82, 2.24) is 5.32 Å². The molecule has 27 heavy (non-hydrogen) atoms. The number of amides is 1. The minimum atomic E-state index is -0.256. The molecule has 0 radical (unpaired) electrons. The third kappa shape index (κ3) is 4.42. The molecule has 0 spiro atoms. The molecule has 0 aliphatic carbocycles. The van der Waals surface area contributed by atoms with Crippen LogP contribution in [0, 0.1) is 6.92 Å². The first kappa shape index (κ1) is 19.2. The third-order valence-corrected chi connectivity index (χ3v) is 5.21. The van der Waals surface area contributed by atoms with Crippen molar-refractivity contribution in [2.45, 2.75) is 32.1 Å². The molecule has 144 valence electrons.